The molecule has 0 fully saturated rings. The summed E-state index contributed by atoms with van der Waals surface area (Å²) in [6.45, 7) is 1.95. The van der Waals surface area contributed by atoms with E-state index in [2.05, 4.69) is 21.2 Å². The Bertz CT molecular complexity index is 641. The number of carbonyl (C=O) groups is 1. The monoisotopic (exact) mass is 320 g/mol. The molecule has 0 aliphatic rings. The van der Waals surface area contributed by atoms with Crippen LogP contribution in [0.1, 0.15) is 15.9 Å². The second-order valence-electron chi connectivity index (χ2n) is 4.19. The highest BCUT2D eigenvalue weighted by atomic mass is 79.9. The number of carboxylic acid groups (broad SMARTS) is 1. The maximum Gasteiger partial charge on any atom is 0.337 e. The summed E-state index contributed by atoms with van der Waals surface area (Å²) < 4.78 is 0.978. The lowest BCUT2D eigenvalue weighted by atomic mass is 10.1. The highest BCUT2D eigenvalue weighted by molar-refractivity contribution is 9.10. The van der Waals surface area contributed by atoms with Gasteiger partial charge in [-0.05, 0) is 48.9 Å². The molecule has 0 aromatic heterocycles. The molecule has 0 saturated carbocycles. The number of nitrogens with one attached hydrogen (secondary N) is 1. The molecule has 0 radical (unpaired) electrons. The molecule has 0 spiro atoms. The van der Waals surface area contributed by atoms with Crippen molar-refractivity contribution in [2.45, 2.75) is 6.92 Å². The van der Waals surface area contributed by atoms with Gasteiger partial charge in [0, 0.05) is 15.8 Å². The minimum atomic E-state index is -1.01. The highest BCUT2D eigenvalue weighted by Crippen LogP contribution is 2.27. The van der Waals surface area contributed by atoms with E-state index < -0.39 is 5.97 Å². The van der Waals surface area contributed by atoms with E-state index in [0.717, 1.165) is 15.7 Å². The SMILES string of the molecule is Cc1cc(Br)ccc1Nc1ccc(N)cc1C(=O)O. The molecular weight excluding hydrogens is 308 g/mol. The van der Waals surface area contributed by atoms with Crippen LogP contribution in [0.25, 0.3) is 0 Å². The van der Waals surface area contributed by atoms with Crippen LogP contribution in [-0.4, -0.2) is 11.1 Å². The Morgan fingerprint density at radius 2 is 1.89 bits per heavy atom. The third-order valence-electron chi connectivity index (χ3n) is 2.73. The van der Waals surface area contributed by atoms with Crippen molar-refractivity contribution in [3.8, 4) is 0 Å². The van der Waals surface area contributed by atoms with E-state index in [4.69, 9.17) is 5.73 Å². The van der Waals surface area contributed by atoms with Gasteiger partial charge in [0.25, 0.3) is 0 Å². The van der Waals surface area contributed by atoms with E-state index in [1.54, 1.807) is 12.1 Å². The summed E-state index contributed by atoms with van der Waals surface area (Å²) in [4.78, 5) is 11.2. The molecule has 0 saturated heterocycles. The van der Waals surface area contributed by atoms with E-state index in [0.29, 0.717) is 11.4 Å². The molecule has 4 nitrogen and oxygen atoms in total. The van der Waals surface area contributed by atoms with Gasteiger partial charge in [0.05, 0.1) is 11.3 Å². The summed E-state index contributed by atoms with van der Waals surface area (Å²) in [7, 11) is 0. The highest BCUT2D eigenvalue weighted by Gasteiger charge is 2.11. The third kappa shape index (κ3) is 3.06. The Morgan fingerprint density at radius 1 is 1.21 bits per heavy atom. The van der Waals surface area contributed by atoms with Crippen LogP contribution in [0, 0.1) is 6.92 Å². The van der Waals surface area contributed by atoms with Crippen molar-refractivity contribution in [1.29, 1.82) is 0 Å². The van der Waals surface area contributed by atoms with Crippen LogP contribution in [0.3, 0.4) is 0 Å². The second-order valence-corrected chi connectivity index (χ2v) is 5.11. The van der Waals surface area contributed by atoms with Crippen LogP contribution in [0.2, 0.25) is 0 Å². The number of carboxylic acids is 1. The maximum atomic E-state index is 11.2. The number of nitrogens with two attached hydrogens (primary N) is 1. The normalized spacial score (nSPS) is 10.2. The van der Waals surface area contributed by atoms with E-state index >= 15 is 0 Å². The molecule has 0 bridgehead atoms. The lowest BCUT2D eigenvalue weighted by Gasteiger charge is -2.12. The van der Waals surface area contributed by atoms with E-state index in [9.17, 15) is 9.90 Å². The average Bonchev–Trinajstić information content (AvgIpc) is 2.34. The zero-order valence-corrected chi connectivity index (χ0v) is 11.9. The zero-order chi connectivity index (χ0) is 14.0. The van der Waals surface area contributed by atoms with Crippen molar-refractivity contribution in [2.75, 3.05) is 11.1 Å². The van der Waals surface area contributed by atoms with Crippen molar-refractivity contribution in [3.05, 3.63) is 52.0 Å². The Kier molecular flexibility index (Phi) is 3.76. The van der Waals surface area contributed by atoms with Crippen LogP contribution in [0.5, 0.6) is 0 Å². The number of hydrogen-bond acceptors (Lipinski definition) is 3. The maximum absolute atomic E-state index is 11.2. The molecular formula is C14H13BrN2O2. The predicted molar refractivity (Wildman–Crippen MR) is 80.0 cm³/mol. The number of hydrogen-bond donors (Lipinski definition) is 3. The molecule has 4 N–H and O–H groups in total. The Hall–Kier alpha value is -2.01. The first kappa shape index (κ1) is 13.4. The smallest absolute Gasteiger partial charge is 0.337 e. The van der Waals surface area contributed by atoms with Crippen LogP contribution < -0.4 is 11.1 Å². The zero-order valence-electron chi connectivity index (χ0n) is 10.3. The van der Waals surface area contributed by atoms with Gasteiger partial charge in [-0.1, -0.05) is 15.9 Å². The van der Waals surface area contributed by atoms with Crippen molar-refractivity contribution >= 4 is 39.0 Å². The first-order chi connectivity index (χ1) is 8.97. The topological polar surface area (TPSA) is 75.3 Å². The Morgan fingerprint density at radius 3 is 2.53 bits per heavy atom. The fraction of sp³-hybridized carbons (Fsp3) is 0.0714. The Labute approximate surface area is 119 Å². The molecule has 0 unspecified atom stereocenters. The molecule has 2 aromatic rings. The number of aryl methyl sites for hydroxylation is 1. The van der Waals surface area contributed by atoms with Crippen molar-refractivity contribution in [2.24, 2.45) is 0 Å². The average molecular weight is 321 g/mol. The number of nitrogen functional groups attached to an aromatic ring is 1. The van der Waals surface area contributed by atoms with Gasteiger partial charge in [-0.15, -0.1) is 0 Å². The van der Waals surface area contributed by atoms with Gasteiger partial charge in [-0.3, -0.25) is 0 Å². The molecule has 98 valence electrons. The molecule has 0 heterocycles. The largest absolute Gasteiger partial charge is 0.478 e. The standard InChI is InChI=1S/C14H13BrN2O2/c1-8-6-9(15)2-4-12(8)17-13-5-3-10(16)7-11(13)14(18)19/h2-7,17H,16H2,1H3,(H,18,19). The van der Waals surface area contributed by atoms with E-state index in [1.807, 2.05) is 25.1 Å². The molecule has 19 heavy (non-hydrogen) atoms. The number of rotatable bonds is 3. The van der Waals surface area contributed by atoms with Crippen molar-refractivity contribution in [3.63, 3.8) is 0 Å². The van der Waals surface area contributed by atoms with Gasteiger partial charge in [0.15, 0.2) is 0 Å². The lowest BCUT2D eigenvalue weighted by Crippen LogP contribution is -2.04. The molecule has 2 rings (SSSR count). The molecule has 2 aromatic carbocycles. The first-order valence-electron chi connectivity index (χ1n) is 5.63. The summed E-state index contributed by atoms with van der Waals surface area (Å²) >= 11 is 3.39. The third-order valence-corrected chi connectivity index (χ3v) is 3.23. The first-order valence-corrected chi connectivity index (χ1v) is 6.42. The van der Waals surface area contributed by atoms with E-state index in [1.165, 1.54) is 6.07 Å². The molecule has 0 aliphatic carbocycles. The molecule has 0 atom stereocenters. The van der Waals surface area contributed by atoms with Crippen LogP contribution >= 0.6 is 15.9 Å². The van der Waals surface area contributed by atoms with Crippen LogP contribution in [0.15, 0.2) is 40.9 Å². The second kappa shape index (κ2) is 5.32. The van der Waals surface area contributed by atoms with Crippen LogP contribution in [-0.2, 0) is 0 Å². The fourth-order valence-electron chi connectivity index (χ4n) is 1.76. The van der Waals surface area contributed by atoms with Crippen LogP contribution in [0.4, 0.5) is 17.1 Å². The molecule has 0 aliphatic heterocycles. The van der Waals surface area contributed by atoms with Gasteiger partial charge in [0.2, 0.25) is 0 Å². The minimum absolute atomic E-state index is 0.155. The lowest BCUT2D eigenvalue weighted by molar-refractivity contribution is 0.0698. The van der Waals surface area contributed by atoms with Gasteiger partial charge in [0.1, 0.15) is 0 Å². The summed E-state index contributed by atoms with van der Waals surface area (Å²) in [5, 5.41) is 12.3. The quantitative estimate of drug-likeness (QED) is 0.752. The molecule has 5 heteroatoms. The van der Waals surface area contributed by atoms with Crippen molar-refractivity contribution in [1.82, 2.24) is 0 Å². The predicted octanol–water partition coefficient (Wildman–Crippen LogP) is 3.78. The fourth-order valence-corrected chi connectivity index (χ4v) is 2.24. The van der Waals surface area contributed by atoms with Gasteiger partial charge in [-0.2, -0.15) is 0 Å². The molecule has 0 amide bonds. The minimum Gasteiger partial charge on any atom is -0.478 e. The summed E-state index contributed by atoms with van der Waals surface area (Å²) in [5.74, 6) is -1.01. The number of halogens is 1. The van der Waals surface area contributed by atoms with Gasteiger partial charge in [-0.25, -0.2) is 4.79 Å². The Balaban J connectivity index is 2.40. The van der Waals surface area contributed by atoms with Gasteiger partial charge >= 0.3 is 5.97 Å². The summed E-state index contributed by atoms with van der Waals surface area (Å²) in [6.07, 6.45) is 0. The number of benzene rings is 2. The summed E-state index contributed by atoms with van der Waals surface area (Å²) in [6, 6.07) is 10.5. The van der Waals surface area contributed by atoms with E-state index in [-0.39, 0.29) is 5.56 Å². The van der Waals surface area contributed by atoms with Gasteiger partial charge < -0.3 is 16.2 Å². The number of aromatic carboxylic acids is 1. The summed E-state index contributed by atoms with van der Waals surface area (Å²) in [5.41, 5.74) is 8.59. The number of anilines is 3. The van der Waals surface area contributed by atoms with Crippen molar-refractivity contribution < 1.29 is 9.90 Å².